The summed E-state index contributed by atoms with van der Waals surface area (Å²) in [5, 5.41) is 2.96. The zero-order valence-corrected chi connectivity index (χ0v) is 16.2. The largest absolute Gasteiger partial charge is 0.457 e. The zero-order valence-electron chi connectivity index (χ0n) is 16.2. The van der Waals surface area contributed by atoms with Crippen molar-refractivity contribution in [3.05, 3.63) is 54.6 Å². The van der Waals surface area contributed by atoms with Crippen LogP contribution in [0.25, 0.3) is 0 Å². The molecule has 0 spiro atoms. The molecule has 1 atom stereocenters. The van der Waals surface area contributed by atoms with Crippen LogP contribution in [0.1, 0.15) is 19.3 Å². The summed E-state index contributed by atoms with van der Waals surface area (Å²) in [5.41, 5.74) is 6.10. The number of amides is 2. The first kappa shape index (κ1) is 19.4. The van der Waals surface area contributed by atoms with Crippen LogP contribution in [0, 0.1) is 0 Å². The Bertz CT molecular complexity index is 863. The summed E-state index contributed by atoms with van der Waals surface area (Å²) >= 11 is 0. The Hall–Kier alpha value is -2.90. The number of para-hydroxylation sites is 1. The van der Waals surface area contributed by atoms with Crippen LogP contribution in [0.3, 0.4) is 0 Å². The number of nitrogens with zero attached hydrogens (tertiary/aromatic N) is 1. The SMILES string of the molecule is NC1(C(=O)NC2CC(=O)N(c3ccc(Oc4ccccc4)cc3)C2)CCOCC1. The monoisotopic (exact) mass is 395 g/mol. The Balaban J connectivity index is 1.37. The molecule has 2 heterocycles. The fourth-order valence-corrected chi connectivity index (χ4v) is 3.66. The number of anilines is 1. The van der Waals surface area contributed by atoms with E-state index in [9.17, 15) is 9.59 Å². The third-order valence-corrected chi connectivity index (χ3v) is 5.42. The quantitative estimate of drug-likeness (QED) is 0.810. The lowest BCUT2D eigenvalue weighted by Crippen LogP contribution is -2.59. The first-order valence-electron chi connectivity index (χ1n) is 9.84. The van der Waals surface area contributed by atoms with Gasteiger partial charge in [-0.25, -0.2) is 0 Å². The minimum atomic E-state index is -0.912. The molecule has 3 N–H and O–H groups in total. The summed E-state index contributed by atoms with van der Waals surface area (Å²) in [7, 11) is 0. The predicted molar refractivity (Wildman–Crippen MR) is 109 cm³/mol. The highest BCUT2D eigenvalue weighted by molar-refractivity contribution is 5.97. The Morgan fingerprint density at radius 2 is 1.72 bits per heavy atom. The van der Waals surface area contributed by atoms with Crippen molar-refractivity contribution in [2.75, 3.05) is 24.7 Å². The number of hydrogen-bond acceptors (Lipinski definition) is 5. The molecule has 2 amide bonds. The minimum absolute atomic E-state index is 0.0231. The summed E-state index contributed by atoms with van der Waals surface area (Å²) in [5.74, 6) is 1.22. The number of nitrogens with two attached hydrogens (primary N) is 1. The zero-order chi connectivity index (χ0) is 20.3. The Morgan fingerprint density at radius 1 is 1.07 bits per heavy atom. The molecule has 2 fully saturated rings. The molecule has 2 aromatic rings. The predicted octanol–water partition coefficient (Wildman–Crippen LogP) is 2.21. The van der Waals surface area contributed by atoms with E-state index in [1.807, 2.05) is 54.6 Å². The summed E-state index contributed by atoms with van der Waals surface area (Å²) in [4.78, 5) is 26.8. The average Bonchev–Trinajstić information content (AvgIpc) is 3.10. The van der Waals surface area contributed by atoms with Crippen molar-refractivity contribution in [2.24, 2.45) is 5.73 Å². The fraction of sp³-hybridized carbons (Fsp3) is 0.364. The summed E-state index contributed by atoms with van der Waals surface area (Å²) in [6.07, 6.45) is 1.25. The summed E-state index contributed by atoms with van der Waals surface area (Å²) in [6.45, 7) is 1.39. The molecule has 0 saturated carbocycles. The summed E-state index contributed by atoms with van der Waals surface area (Å²) < 4.78 is 11.1. The molecular weight excluding hydrogens is 370 g/mol. The molecule has 0 aromatic heterocycles. The van der Waals surface area contributed by atoms with Gasteiger partial charge >= 0.3 is 0 Å². The van der Waals surface area contributed by atoms with Gasteiger partial charge in [0.2, 0.25) is 11.8 Å². The van der Waals surface area contributed by atoms with Gasteiger partial charge < -0.3 is 25.4 Å². The lowest BCUT2D eigenvalue weighted by Gasteiger charge is -2.32. The first-order chi connectivity index (χ1) is 14.0. The second kappa shape index (κ2) is 8.23. The van der Waals surface area contributed by atoms with Gasteiger partial charge in [0, 0.05) is 31.9 Å². The van der Waals surface area contributed by atoms with E-state index in [4.69, 9.17) is 15.2 Å². The van der Waals surface area contributed by atoms with Crippen LogP contribution in [-0.4, -0.2) is 43.2 Å². The van der Waals surface area contributed by atoms with Crippen molar-refractivity contribution in [1.82, 2.24) is 5.32 Å². The van der Waals surface area contributed by atoms with E-state index in [0.29, 0.717) is 38.3 Å². The van der Waals surface area contributed by atoms with E-state index in [1.54, 1.807) is 4.90 Å². The molecule has 152 valence electrons. The maximum absolute atomic E-state index is 12.6. The molecule has 0 aliphatic carbocycles. The highest BCUT2D eigenvalue weighted by Gasteiger charge is 2.39. The lowest BCUT2D eigenvalue weighted by atomic mass is 9.90. The van der Waals surface area contributed by atoms with E-state index in [-0.39, 0.29) is 24.3 Å². The minimum Gasteiger partial charge on any atom is -0.457 e. The highest BCUT2D eigenvalue weighted by Crippen LogP contribution is 2.27. The molecule has 2 aromatic carbocycles. The van der Waals surface area contributed by atoms with E-state index >= 15 is 0 Å². The molecular formula is C22H25N3O4. The lowest BCUT2D eigenvalue weighted by molar-refractivity contribution is -0.130. The van der Waals surface area contributed by atoms with Crippen LogP contribution in [0.2, 0.25) is 0 Å². The van der Waals surface area contributed by atoms with E-state index < -0.39 is 5.54 Å². The van der Waals surface area contributed by atoms with Gasteiger partial charge in [-0.05, 0) is 49.2 Å². The number of benzene rings is 2. The van der Waals surface area contributed by atoms with Gasteiger partial charge in [-0.15, -0.1) is 0 Å². The van der Waals surface area contributed by atoms with Gasteiger partial charge in [0.1, 0.15) is 11.5 Å². The van der Waals surface area contributed by atoms with Crippen LogP contribution in [0.15, 0.2) is 54.6 Å². The Morgan fingerprint density at radius 3 is 2.41 bits per heavy atom. The van der Waals surface area contributed by atoms with Crippen LogP contribution < -0.4 is 20.7 Å². The van der Waals surface area contributed by atoms with E-state index in [1.165, 1.54) is 0 Å². The van der Waals surface area contributed by atoms with Gasteiger partial charge in [-0.1, -0.05) is 18.2 Å². The Kier molecular flexibility index (Phi) is 5.51. The molecule has 2 aliphatic heterocycles. The normalized spacial score (nSPS) is 21.1. The van der Waals surface area contributed by atoms with Gasteiger partial charge in [0.15, 0.2) is 0 Å². The number of carbonyl (C=O) groups is 2. The van der Waals surface area contributed by atoms with Crippen molar-refractivity contribution in [1.29, 1.82) is 0 Å². The Labute approximate surface area is 169 Å². The van der Waals surface area contributed by atoms with Crippen molar-refractivity contribution in [2.45, 2.75) is 30.8 Å². The number of rotatable bonds is 5. The molecule has 0 radical (unpaired) electrons. The topological polar surface area (TPSA) is 93.9 Å². The van der Waals surface area contributed by atoms with Crippen molar-refractivity contribution in [3.8, 4) is 11.5 Å². The van der Waals surface area contributed by atoms with Crippen molar-refractivity contribution >= 4 is 17.5 Å². The van der Waals surface area contributed by atoms with E-state index in [2.05, 4.69) is 5.32 Å². The second-order valence-corrected chi connectivity index (χ2v) is 7.56. The first-order valence-corrected chi connectivity index (χ1v) is 9.84. The van der Waals surface area contributed by atoms with Gasteiger partial charge in [0.25, 0.3) is 0 Å². The van der Waals surface area contributed by atoms with Gasteiger partial charge in [-0.3, -0.25) is 9.59 Å². The standard InChI is InChI=1S/C22H25N3O4/c23-22(10-12-28-13-11-22)21(27)24-16-14-20(26)25(15-16)17-6-8-19(9-7-17)29-18-4-2-1-3-5-18/h1-9,16H,10-15,23H2,(H,24,27). The third-order valence-electron chi connectivity index (χ3n) is 5.42. The number of ether oxygens (including phenoxy) is 2. The maximum Gasteiger partial charge on any atom is 0.240 e. The van der Waals surface area contributed by atoms with E-state index in [0.717, 1.165) is 11.4 Å². The molecule has 7 nitrogen and oxygen atoms in total. The summed E-state index contributed by atoms with van der Waals surface area (Å²) in [6, 6.07) is 16.6. The van der Waals surface area contributed by atoms with Crippen molar-refractivity contribution < 1.29 is 19.1 Å². The fourth-order valence-electron chi connectivity index (χ4n) is 3.66. The number of carbonyl (C=O) groups excluding carboxylic acids is 2. The highest BCUT2D eigenvalue weighted by atomic mass is 16.5. The van der Waals surface area contributed by atoms with Crippen LogP contribution in [0.4, 0.5) is 5.69 Å². The van der Waals surface area contributed by atoms with Gasteiger partial charge in [-0.2, -0.15) is 0 Å². The average molecular weight is 395 g/mol. The molecule has 7 heteroatoms. The second-order valence-electron chi connectivity index (χ2n) is 7.56. The number of nitrogens with one attached hydrogen (secondary N) is 1. The molecule has 29 heavy (non-hydrogen) atoms. The molecule has 1 unspecified atom stereocenters. The molecule has 4 rings (SSSR count). The van der Waals surface area contributed by atoms with Crippen LogP contribution in [-0.2, 0) is 14.3 Å². The third kappa shape index (κ3) is 4.41. The maximum atomic E-state index is 12.6. The van der Waals surface area contributed by atoms with Crippen molar-refractivity contribution in [3.63, 3.8) is 0 Å². The van der Waals surface area contributed by atoms with Crippen LogP contribution >= 0.6 is 0 Å². The molecule has 0 bridgehead atoms. The van der Waals surface area contributed by atoms with Crippen LogP contribution in [0.5, 0.6) is 11.5 Å². The van der Waals surface area contributed by atoms with Gasteiger partial charge in [0.05, 0.1) is 11.6 Å². The molecule has 2 aliphatic rings. The number of hydrogen-bond donors (Lipinski definition) is 2. The smallest absolute Gasteiger partial charge is 0.240 e. The molecule has 2 saturated heterocycles.